The summed E-state index contributed by atoms with van der Waals surface area (Å²) in [5.41, 5.74) is 7.96. The van der Waals surface area contributed by atoms with Crippen LogP contribution in [0, 0.1) is 5.82 Å². The van der Waals surface area contributed by atoms with Gasteiger partial charge in [0.2, 0.25) is 12.7 Å². The third kappa shape index (κ3) is 3.32. The SMILES string of the molecule is CC(C)(C)c1cc2cc(NC(=O)C3(c4ccc5c(c4)OCO5)CC3)c(F)cc2n1CCN. The van der Waals surface area contributed by atoms with E-state index in [9.17, 15) is 4.79 Å². The van der Waals surface area contributed by atoms with Gasteiger partial charge in [-0.15, -0.1) is 0 Å². The summed E-state index contributed by atoms with van der Waals surface area (Å²) in [5, 5.41) is 3.73. The smallest absolute Gasteiger partial charge is 0.235 e. The summed E-state index contributed by atoms with van der Waals surface area (Å²) in [6, 6.07) is 10.9. The monoisotopic (exact) mass is 437 g/mol. The summed E-state index contributed by atoms with van der Waals surface area (Å²) in [6.07, 6.45) is 1.42. The number of hydrogen-bond acceptors (Lipinski definition) is 4. The predicted molar refractivity (Wildman–Crippen MR) is 122 cm³/mol. The lowest BCUT2D eigenvalue weighted by Gasteiger charge is -2.21. The van der Waals surface area contributed by atoms with Crippen molar-refractivity contribution in [2.45, 2.75) is 51.0 Å². The molecule has 3 N–H and O–H groups in total. The first-order valence-corrected chi connectivity index (χ1v) is 11.0. The number of nitrogens with zero attached hydrogens (tertiary/aromatic N) is 1. The van der Waals surface area contributed by atoms with Crippen LogP contribution in [-0.2, 0) is 22.2 Å². The Balaban J connectivity index is 1.47. The van der Waals surface area contributed by atoms with Crippen molar-refractivity contribution in [2.24, 2.45) is 5.73 Å². The zero-order chi connectivity index (χ0) is 22.7. The van der Waals surface area contributed by atoms with Crippen LogP contribution in [0.4, 0.5) is 10.1 Å². The zero-order valence-electron chi connectivity index (χ0n) is 18.6. The van der Waals surface area contributed by atoms with Crippen molar-refractivity contribution in [2.75, 3.05) is 18.7 Å². The molecule has 0 atom stereocenters. The average molecular weight is 438 g/mol. The van der Waals surface area contributed by atoms with E-state index in [4.69, 9.17) is 15.2 Å². The number of benzene rings is 2. The molecular weight excluding hydrogens is 409 g/mol. The summed E-state index contributed by atoms with van der Waals surface area (Å²) in [7, 11) is 0. The van der Waals surface area contributed by atoms with Gasteiger partial charge in [0.1, 0.15) is 5.82 Å². The molecule has 32 heavy (non-hydrogen) atoms. The second kappa shape index (κ2) is 7.24. The fraction of sp³-hybridized carbons (Fsp3) is 0.400. The highest BCUT2D eigenvalue weighted by atomic mass is 19.1. The number of amides is 1. The Labute approximate surface area is 186 Å². The van der Waals surface area contributed by atoms with E-state index in [1.165, 1.54) is 6.07 Å². The van der Waals surface area contributed by atoms with Crippen LogP contribution in [0.5, 0.6) is 11.5 Å². The predicted octanol–water partition coefficient (Wildman–Crippen LogP) is 4.44. The minimum absolute atomic E-state index is 0.120. The molecule has 0 saturated heterocycles. The van der Waals surface area contributed by atoms with Gasteiger partial charge >= 0.3 is 0 Å². The number of aromatic nitrogens is 1. The molecule has 6 nitrogen and oxygen atoms in total. The number of rotatable bonds is 5. The topological polar surface area (TPSA) is 78.5 Å². The molecule has 0 radical (unpaired) electrons. The van der Waals surface area contributed by atoms with Gasteiger partial charge in [0.05, 0.1) is 16.6 Å². The molecule has 1 amide bonds. The van der Waals surface area contributed by atoms with Crippen LogP contribution < -0.4 is 20.5 Å². The highest BCUT2D eigenvalue weighted by Gasteiger charge is 2.51. The Morgan fingerprint density at radius 1 is 1.16 bits per heavy atom. The van der Waals surface area contributed by atoms with Crippen LogP contribution >= 0.6 is 0 Å². The van der Waals surface area contributed by atoms with E-state index in [0.717, 1.165) is 22.2 Å². The molecule has 168 valence electrons. The number of ether oxygens (including phenoxy) is 2. The minimum Gasteiger partial charge on any atom is -0.454 e. The van der Waals surface area contributed by atoms with Gasteiger partial charge in [-0.3, -0.25) is 4.79 Å². The third-order valence-electron chi connectivity index (χ3n) is 6.47. The Morgan fingerprint density at radius 3 is 2.59 bits per heavy atom. The quantitative estimate of drug-likeness (QED) is 0.619. The number of nitrogens with one attached hydrogen (secondary N) is 1. The Kier molecular flexibility index (Phi) is 4.71. The van der Waals surface area contributed by atoms with Gasteiger partial charge in [-0.25, -0.2) is 4.39 Å². The second-order valence-corrected chi connectivity index (χ2v) is 9.72. The van der Waals surface area contributed by atoms with Crippen molar-refractivity contribution in [1.82, 2.24) is 4.57 Å². The summed E-state index contributed by atoms with van der Waals surface area (Å²) < 4.78 is 28.0. The van der Waals surface area contributed by atoms with E-state index in [1.807, 2.05) is 18.2 Å². The summed E-state index contributed by atoms with van der Waals surface area (Å²) in [4.78, 5) is 13.2. The maximum absolute atomic E-state index is 15.1. The lowest BCUT2D eigenvalue weighted by atomic mass is 9.92. The molecule has 1 aliphatic carbocycles. The molecule has 0 spiro atoms. The van der Waals surface area contributed by atoms with Gasteiger partial charge in [0.15, 0.2) is 11.5 Å². The van der Waals surface area contributed by atoms with Gasteiger partial charge in [0.25, 0.3) is 0 Å². The third-order valence-corrected chi connectivity index (χ3v) is 6.47. The lowest BCUT2D eigenvalue weighted by molar-refractivity contribution is -0.118. The molecule has 2 aliphatic rings. The number of hydrogen-bond donors (Lipinski definition) is 2. The minimum atomic E-state index is -0.662. The molecule has 2 aromatic carbocycles. The maximum Gasteiger partial charge on any atom is 0.235 e. The largest absolute Gasteiger partial charge is 0.454 e. The number of carbonyl (C=O) groups excluding carboxylic acids is 1. The fourth-order valence-electron chi connectivity index (χ4n) is 4.58. The molecule has 1 aromatic heterocycles. The van der Waals surface area contributed by atoms with Crippen molar-refractivity contribution in [1.29, 1.82) is 0 Å². The highest BCUT2D eigenvalue weighted by Crippen LogP contribution is 2.51. The Bertz CT molecular complexity index is 1220. The first-order valence-electron chi connectivity index (χ1n) is 11.0. The summed E-state index contributed by atoms with van der Waals surface area (Å²) in [6.45, 7) is 7.61. The van der Waals surface area contributed by atoms with Crippen LogP contribution in [0.2, 0.25) is 0 Å². The van der Waals surface area contributed by atoms with Crippen LogP contribution in [-0.4, -0.2) is 23.8 Å². The standard InChI is InChI=1S/C25H28FN3O3/c1-24(2,3)22-11-15-10-18(17(26)13-19(15)29(22)9-8-27)28-23(30)25(6-7-25)16-4-5-20-21(12-16)32-14-31-20/h4-5,10-13H,6-9,14,27H2,1-3H3,(H,28,30). The molecular formula is C25H28FN3O3. The second-order valence-electron chi connectivity index (χ2n) is 9.72. The van der Waals surface area contributed by atoms with Crippen molar-refractivity contribution >= 4 is 22.5 Å². The molecule has 5 rings (SSSR count). The van der Waals surface area contributed by atoms with Gasteiger partial charge in [-0.2, -0.15) is 0 Å². The van der Waals surface area contributed by atoms with Gasteiger partial charge in [0, 0.05) is 35.7 Å². The maximum atomic E-state index is 15.1. The zero-order valence-corrected chi connectivity index (χ0v) is 18.6. The van der Waals surface area contributed by atoms with Crippen LogP contribution in [0.25, 0.3) is 10.9 Å². The van der Waals surface area contributed by atoms with Gasteiger partial charge in [-0.1, -0.05) is 26.8 Å². The van der Waals surface area contributed by atoms with Gasteiger partial charge in [-0.05, 0) is 42.7 Å². The van der Waals surface area contributed by atoms with Crippen molar-refractivity contribution in [3.63, 3.8) is 0 Å². The number of nitrogens with two attached hydrogens (primary N) is 1. The van der Waals surface area contributed by atoms with Crippen LogP contribution in [0.1, 0.15) is 44.9 Å². The van der Waals surface area contributed by atoms with E-state index in [-0.39, 0.29) is 23.8 Å². The fourth-order valence-corrected chi connectivity index (χ4v) is 4.58. The van der Waals surface area contributed by atoms with Gasteiger partial charge < -0.3 is 25.1 Å². The first-order chi connectivity index (χ1) is 15.2. The molecule has 7 heteroatoms. The summed E-state index contributed by atoms with van der Waals surface area (Å²) in [5.74, 6) is 0.666. The lowest BCUT2D eigenvalue weighted by Crippen LogP contribution is -2.28. The number of halogens is 1. The van der Waals surface area contributed by atoms with E-state index in [1.54, 1.807) is 6.07 Å². The molecule has 3 aromatic rings. The molecule has 2 heterocycles. The van der Waals surface area contributed by atoms with Crippen molar-refractivity contribution in [3.05, 3.63) is 53.5 Å². The molecule has 1 aliphatic heterocycles. The van der Waals surface area contributed by atoms with E-state index < -0.39 is 11.2 Å². The average Bonchev–Trinajstić information content (AvgIpc) is 3.29. The summed E-state index contributed by atoms with van der Waals surface area (Å²) >= 11 is 0. The molecule has 1 fully saturated rings. The van der Waals surface area contributed by atoms with Crippen LogP contribution in [0.3, 0.4) is 0 Å². The molecule has 0 unspecified atom stereocenters. The Morgan fingerprint density at radius 2 is 1.91 bits per heavy atom. The van der Waals surface area contributed by atoms with E-state index >= 15 is 4.39 Å². The highest BCUT2D eigenvalue weighted by molar-refractivity contribution is 6.02. The number of anilines is 1. The number of carbonyl (C=O) groups is 1. The van der Waals surface area contributed by atoms with Crippen molar-refractivity contribution < 1.29 is 18.7 Å². The molecule has 1 saturated carbocycles. The van der Waals surface area contributed by atoms with E-state index in [0.29, 0.717) is 37.4 Å². The number of fused-ring (bicyclic) bond motifs is 2. The first kappa shape index (κ1) is 20.8. The van der Waals surface area contributed by atoms with E-state index in [2.05, 4.69) is 36.7 Å². The molecule has 0 bridgehead atoms. The van der Waals surface area contributed by atoms with Crippen molar-refractivity contribution in [3.8, 4) is 11.5 Å². The van der Waals surface area contributed by atoms with Crippen LogP contribution in [0.15, 0.2) is 36.4 Å². The Hall–Kier alpha value is -3.06. The normalized spacial score (nSPS) is 16.4.